The van der Waals surface area contributed by atoms with Crippen LogP contribution in [0, 0.1) is 5.92 Å². The van der Waals surface area contributed by atoms with Gasteiger partial charge >= 0.3 is 0 Å². The van der Waals surface area contributed by atoms with E-state index in [1.54, 1.807) is 0 Å². The first-order valence-electron chi connectivity index (χ1n) is 5.96. The van der Waals surface area contributed by atoms with Gasteiger partial charge in [-0.3, -0.25) is 0 Å². The number of benzene rings is 1. The van der Waals surface area contributed by atoms with Crippen molar-refractivity contribution < 1.29 is 14.3 Å². The van der Waals surface area contributed by atoms with Crippen LogP contribution in [0.15, 0.2) is 28.7 Å². The van der Waals surface area contributed by atoms with Crippen molar-refractivity contribution in [3.05, 3.63) is 30.0 Å². The van der Waals surface area contributed by atoms with Crippen LogP contribution in [-0.4, -0.2) is 11.7 Å². The van der Waals surface area contributed by atoms with Gasteiger partial charge in [-0.2, -0.15) is 0 Å². The van der Waals surface area contributed by atoms with Gasteiger partial charge in [-0.25, -0.2) is 0 Å². The van der Waals surface area contributed by atoms with Gasteiger partial charge < -0.3 is 14.3 Å². The number of ether oxygens (including phenoxy) is 1. The highest BCUT2D eigenvalue weighted by molar-refractivity contribution is 5.79. The number of furan rings is 1. The molecule has 0 radical (unpaired) electrons. The van der Waals surface area contributed by atoms with E-state index in [0.29, 0.717) is 12.4 Å². The molecule has 3 nitrogen and oxygen atoms in total. The minimum Gasteiger partial charge on any atom is -0.494 e. The predicted molar refractivity (Wildman–Crippen MR) is 67.2 cm³/mol. The third kappa shape index (κ3) is 2.44. The molecule has 3 heteroatoms. The molecule has 2 rings (SSSR count). The molecule has 0 saturated heterocycles. The molecule has 0 spiro atoms. The van der Waals surface area contributed by atoms with Crippen molar-refractivity contribution in [3.8, 4) is 5.75 Å². The Kier molecular flexibility index (Phi) is 3.38. The Balaban J connectivity index is 2.36. The average molecular weight is 234 g/mol. The zero-order valence-corrected chi connectivity index (χ0v) is 10.4. The lowest BCUT2D eigenvalue weighted by Crippen LogP contribution is -2.03. The molecule has 1 N–H and O–H groups in total. The van der Waals surface area contributed by atoms with Crippen LogP contribution in [0.4, 0.5) is 0 Å². The molecular formula is C14H18O3. The molecule has 1 aromatic carbocycles. The Morgan fingerprint density at radius 2 is 2.06 bits per heavy atom. The fourth-order valence-electron chi connectivity index (χ4n) is 1.77. The molecule has 0 aliphatic rings. The van der Waals surface area contributed by atoms with Gasteiger partial charge in [0, 0.05) is 5.39 Å². The van der Waals surface area contributed by atoms with E-state index in [4.69, 9.17) is 9.15 Å². The van der Waals surface area contributed by atoms with Crippen molar-refractivity contribution in [1.29, 1.82) is 0 Å². The first kappa shape index (κ1) is 12.0. The van der Waals surface area contributed by atoms with E-state index >= 15 is 0 Å². The molecule has 17 heavy (non-hydrogen) atoms. The first-order valence-corrected chi connectivity index (χ1v) is 5.96. The second-order valence-corrected chi connectivity index (χ2v) is 4.47. The monoisotopic (exact) mass is 234 g/mol. The molecule has 1 unspecified atom stereocenters. The Labute approximate surface area is 101 Å². The van der Waals surface area contributed by atoms with Gasteiger partial charge in [-0.1, -0.05) is 13.8 Å². The number of aliphatic hydroxyl groups excluding tert-OH is 1. The Bertz CT molecular complexity index is 499. The van der Waals surface area contributed by atoms with Crippen LogP contribution in [-0.2, 0) is 0 Å². The van der Waals surface area contributed by atoms with Gasteiger partial charge in [0.1, 0.15) is 23.2 Å². The van der Waals surface area contributed by atoms with Crippen LogP contribution in [0.3, 0.4) is 0 Å². The normalized spacial score (nSPS) is 13.2. The zero-order valence-electron chi connectivity index (χ0n) is 10.4. The summed E-state index contributed by atoms with van der Waals surface area (Å²) in [5, 5.41) is 10.9. The summed E-state index contributed by atoms with van der Waals surface area (Å²) in [6, 6.07) is 7.55. The number of fused-ring (bicyclic) bond motifs is 1. The lowest BCUT2D eigenvalue weighted by molar-refractivity contribution is 0.104. The van der Waals surface area contributed by atoms with Crippen molar-refractivity contribution in [2.45, 2.75) is 26.9 Å². The molecule has 92 valence electrons. The molecule has 1 heterocycles. The van der Waals surface area contributed by atoms with Crippen LogP contribution in [0.2, 0.25) is 0 Å². The number of rotatable bonds is 4. The molecule has 2 aromatic rings. The maximum absolute atomic E-state index is 9.95. The first-order chi connectivity index (χ1) is 8.11. The van der Waals surface area contributed by atoms with Gasteiger partial charge in [0.2, 0.25) is 0 Å². The highest BCUT2D eigenvalue weighted by Gasteiger charge is 2.16. The van der Waals surface area contributed by atoms with Crippen molar-refractivity contribution in [1.82, 2.24) is 0 Å². The van der Waals surface area contributed by atoms with Crippen LogP contribution in [0.25, 0.3) is 11.0 Å². The van der Waals surface area contributed by atoms with Crippen LogP contribution in [0.1, 0.15) is 32.6 Å². The van der Waals surface area contributed by atoms with E-state index in [1.165, 1.54) is 0 Å². The maximum atomic E-state index is 9.95. The summed E-state index contributed by atoms with van der Waals surface area (Å²) in [7, 11) is 0. The van der Waals surface area contributed by atoms with Gasteiger partial charge in [-0.15, -0.1) is 0 Å². The minimum atomic E-state index is -0.557. The fourth-order valence-corrected chi connectivity index (χ4v) is 1.77. The smallest absolute Gasteiger partial charge is 0.134 e. The van der Waals surface area contributed by atoms with Gasteiger partial charge in [0.25, 0.3) is 0 Å². The number of hydrogen-bond acceptors (Lipinski definition) is 3. The molecule has 0 bridgehead atoms. The third-order valence-corrected chi connectivity index (χ3v) is 2.74. The third-order valence-electron chi connectivity index (χ3n) is 2.74. The standard InChI is InChI=1S/C14H18O3/c1-4-16-11-5-6-12-10(7-11)8-13(17-12)14(15)9(2)3/h5-9,14-15H,4H2,1-3H3. The molecule has 0 aliphatic carbocycles. The van der Waals surface area contributed by atoms with E-state index in [9.17, 15) is 5.11 Å². The second-order valence-electron chi connectivity index (χ2n) is 4.47. The van der Waals surface area contributed by atoms with Gasteiger partial charge in [-0.05, 0) is 37.1 Å². The Morgan fingerprint density at radius 1 is 1.29 bits per heavy atom. The fraction of sp³-hybridized carbons (Fsp3) is 0.429. The topological polar surface area (TPSA) is 42.6 Å². The number of aliphatic hydroxyl groups is 1. The summed E-state index contributed by atoms with van der Waals surface area (Å²) in [6.45, 7) is 6.52. The molecule has 0 aliphatic heterocycles. The van der Waals surface area contributed by atoms with E-state index in [0.717, 1.165) is 16.7 Å². The quantitative estimate of drug-likeness (QED) is 0.880. The SMILES string of the molecule is CCOc1ccc2oc(C(O)C(C)C)cc2c1. The molecule has 0 amide bonds. The second kappa shape index (κ2) is 4.80. The molecule has 0 fully saturated rings. The van der Waals surface area contributed by atoms with Crippen LogP contribution >= 0.6 is 0 Å². The van der Waals surface area contributed by atoms with Gasteiger partial charge in [0.15, 0.2) is 0 Å². The lowest BCUT2D eigenvalue weighted by atomic mass is 10.1. The maximum Gasteiger partial charge on any atom is 0.134 e. The predicted octanol–water partition coefficient (Wildman–Crippen LogP) is 3.52. The summed E-state index contributed by atoms with van der Waals surface area (Å²) >= 11 is 0. The Hall–Kier alpha value is -1.48. The largest absolute Gasteiger partial charge is 0.494 e. The molecule has 1 atom stereocenters. The van der Waals surface area contributed by atoms with Crippen molar-refractivity contribution >= 4 is 11.0 Å². The molecule has 0 saturated carbocycles. The van der Waals surface area contributed by atoms with Crippen molar-refractivity contribution in [2.75, 3.05) is 6.61 Å². The van der Waals surface area contributed by atoms with E-state index in [-0.39, 0.29) is 5.92 Å². The lowest BCUT2D eigenvalue weighted by Gasteiger charge is -2.10. The Morgan fingerprint density at radius 3 is 2.71 bits per heavy atom. The van der Waals surface area contributed by atoms with Crippen molar-refractivity contribution in [2.24, 2.45) is 5.92 Å². The summed E-state index contributed by atoms with van der Waals surface area (Å²) in [5.74, 6) is 1.58. The van der Waals surface area contributed by atoms with Crippen LogP contribution in [0.5, 0.6) is 5.75 Å². The van der Waals surface area contributed by atoms with Crippen molar-refractivity contribution in [3.63, 3.8) is 0 Å². The number of hydrogen-bond donors (Lipinski definition) is 1. The van der Waals surface area contributed by atoms with Gasteiger partial charge in [0.05, 0.1) is 6.61 Å². The zero-order chi connectivity index (χ0) is 12.4. The highest BCUT2D eigenvalue weighted by Crippen LogP contribution is 2.30. The van der Waals surface area contributed by atoms with E-state index in [2.05, 4.69) is 0 Å². The summed E-state index contributed by atoms with van der Waals surface area (Å²) < 4.78 is 11.0. The summed E-state index contributed by atoms with van der Waals surface area (Å²) in [4.78, 5) is 0. The average Bonchev–Trinajstić information content (AvgIpc) is 2.71. The van der Waals surface area contributed by atoms with Crippen LogP contribution < -0.4 is 4.74 Å². The minimum absolute atomic E-state index is 0.141. The summed E-state index contributed by atoms with van der Waals surface area (Å²) in [6.07, 6.45) is -0.557. The molecular weight excluding hydrogens is 216 g/mol. The highest BCUT2D eigenvalue weighted by atomic mass is 16.5. The van der Waals surface area contributed by atoms with E-state index in [1.807, 2.05) is 45.0 Å². The molecule has 1 aromatic heterocycles. The van der Waals surface area contributed by atoms with E-state index < -0.39 is 6.10 Å². The summed E-state index contributed by atoms with van der Waals surface area (Å²) in [5.41, 5.74) is 0.781.